The van der Waals surface area contributed by atoms with Crippen molar-refractivity contribution >= 4 is 17.6 Å². The molecule has 44 heavy (non-hydrogen) atoms. The Labute approximate surface area is 259 Å². The Morgan fingerprint density at radius 3 is 2.25 bits per heavy atom. The van der Waals surface area contributed by atoms with Gasteiger partial charge in [0.05, 0.1) is 42.3 Å². The number of unbranched alkanes of at least 4 members (excludes halogenated alkanes) is 8. The van der Waals surface area contributed by atoms with Gasteiger partial charge >= 0.3 is 11.9 Å². The first-order valence-electron chi connectivity index (χ1n) is 15.6. The number of aromatic amines is 1. The molecule has 2 aromatic rings. The molecule has 3 rings (SSSR count). The smallest absolute Gasteiger partial charge is 0.336 e. The van der Waals surface area contributed by atoms with Crippen molar-refractivity contribution in [2.24, 2.45) is 0 Å². The van der Waals surface area contributed by atoms with Gasteiger partial charge in [-0.25, -0.2) is 9.59 Å². The molecule has 0 amide bonds. The molecule has 0 fully saturated rings. The Morgan fingerprint density at radius 1 is 0.909 bits per heavy atom. The molecule has 2 heterocycles. The van der Waals surface area contributed by atoms with E-state index in [0.717, 1.165) is 37.8 Å². The summed E-state index contributed by atoms with van der Waals surface area (Å²) in [5, 5.41) is 22.2. The van der Waals surface area contributed by atoms with E-state index >= 15 is 0 Å². The third kappa shape index (κ3) is 9.68. The molecule has 0 saturated heterocycles. The van der Waals surface area contributed by atoms with Gasteiger partial charge in [0.1, 0.15) is 0 Å². The lowest BCUT2D eigenvalue weighted by atomic mass is 9.79. The lowest BCUT2D eigenvalue weighted by molar-refractivity contribution is -0.385. The topological polar surface area (TPSA) is 146 Å². The molecule has 0 saturated carbocycles. The zero-order chi connectivity index (χ0) is 31.9. The molecular formula is C33H46N4O7. The third-order valence-electron chi connectivity index (χ3n) is 7.76. The quantitative estimate of drug-likeness (QED) is 0.0758. The molecule has 1 aromatic carbocycles. The van der Waals surface area contributed by atoms with Crippen molar-refractivity contribution < 1.29 is 28.7 Å². The second-order valence-electron chi connectivity index (χ2n) is 11.1. The number of nitro groups is 1. The number of methoxy groups -OCH3 is 1. The van der Waals surface area contributed by atoms with Crippen LogP contribution in [-0.4, -0.2) is 47.4 Å². The molecule has 11 nitrogen and oxygen atoms in total. The average Bonchev–Trinajstić information content (AvgIpc) is 3.46. The monoisotopic (exact) mass is 610 g/mol. The molecule has 2 N–H and O–H groups in total. The average molecular weight is 611 g/mol. The number of dihydropyridines is 1. The summed E-state index contributed by atoms with van der Waals surface area (Å²) in [5.74, 6) is -1.70. The first-order valence-corrected chi connectivity index (χ1v) is 15.6. The van der Waals surface area contributed by atoms with Crippen molar-refractivity contribution in [3.8, 4) is 5.88 Å². The number of H-pyrrole nitrogens is 1. The number of carbonyl (C=O) groups is 2. The molecule has 1 aliphatic rings. The van der Waals surface area contributed by atoms with Crippen molar-refractivity contribution in [3.63, 3.8) is 0 Å². The standard InChI is InChI=1S/C33H46N4O7/c1-5-6-7-8-9-12-17-25-22-28(36-35-25)43-20-15-10-11-16-21-44-33(39)30-24(3)34-23(2)29(32(38)42-4)31(30)26-18-13-14-19-27(26)37(40)41/h13-14,18-19,22,31,34H,5-12,15-17,20-21H2,1-4H3,(H,35,36). The fraction of sp³-hybridized carbons (Fsp3) is 0.545. The number of hydrogen-bond donors (Lipinski definition) is 2. The third-order valence-corrected chi connectivity index (χ3v) is 7.76. The number of esters is 2. The van der Waals surface area contributed by atoms with Crippen LogP contribution in [0.5, 0.6) is 5.88 Å². The Hall–Kier alpha value is -4.15. The number of aryl methyl sites for hydroxylation is 1. The summed E-state index contributed by atoms with van der Waals surface area (Å²) in [4.78, 5) is 37.5. The number of nitrogens with one attached hydrogen (secondary N) is 2. The second kappa shape index (κ2) is 17.8. The number of aromatic nitrogens is 2. The van der Waals surface area contributed by atoms with Crippen molar-refractivity contribution in [1.82, 2.24) is 15.5 Å². The summed E-state index contributed by atoms with van der Waals surface area (Å²) in [6, 6.07) is 8.05. The van der Waals surface area contributed by atoms with E-state index in [1.54, 1.807) is 32.0 Å². The van der Waals surface area contributed by atoms with E-state index in [1.165, 1.54) is 45.3 Å². The Bertz CT molecular complexity index is 1330. The summed E-state index contributed by atoms with van der Waals surface area (Å²) < 4.78 is 16.4. The van der Waals surface area contributed by atoms with Gasteiger partial charge in [0.15, 0.2) is 0 Å². The van der Waals surface area contributed by atoms with Gasteiger partial charge in [-0.2, -0.15) is 0 Å². The van der Waals surface area contributed by atoms with Gasteiger partial charge in [-0.1, -0.05) is 57.2 Å². The Balaban J connectivity index is 1.46. The van der Waals surface area contributed by atoms with E-state index < -0.39 is 22.8 Å². The predicted molar refractivity (Wildman–Crippen MR) is 167 cm³/mol. The normalized spacial score (nSPS) is 14.8. The number of carbonyl (C=O) groups excluding carboxylic acids is 2. The predicted octanol–water partition coefficient (Wildman–Crippen LogP) is 6.81. The highest BCUT2D eigenvalue weighted by atomic mass is 16.6. The van der Waals surface area contributed by atoms with Crippen LogP contribution in [0.25, 0.3) is 0 Å². The minimum absolute atomic E-state index is 0.130. The van der Waals surface area contributed by atoms with Crippen LogP contribution in [0.3, 0.4) is 0 Å². The van der Waals surface area contributed by atoms with Crippen LogP contribution in [0, 0.1) is 10.1 Å². The van der Waals surface area contributed by atoms with Crippen LogP contribution < -0.4 is 10.1 Å². The van der Waals surface area contributed by atoms with E-state index in [2.05, 4.69) is 22.4 Å². The van der Waals surface area contributed by atoms with Crippen molar-refractivity contribution in [2.75, 3.05) is 20.3 Å². The summed E-state index contributed by atoms with van der Waals surface area (Å²) in [6.07, 6.45) is 11.7. The number of para-hydroxylation sites is 1. The zero-order valence-electron chi connectivity index (χ0n) is 26.4. The molecule has 11 heteroatoms. The maximum atomic E-state index is 13.4. The molecule has 0 bridgehead atoms. The zero-order valence-corrected chi connectivity index (χ0v) is 26.4. The minimum atomic E-state index is -1.01. The SMILES string of the molecule is CCCCCCCCc1cc(OCCCCCCOC(=O)C2=C(C)NC(C)=C(C(=O)OC)C2c2ccccc2[N+](=O)[O-])n[nH]1. The summed E-state index contributed by atoms with van der Waals surface area (Å²) in [5.41, 5.74) is 2.33. The molecule has 1 atom stereocenters. The van der Waals surface area contributed by atoms with Gasteiger partial charge in [0.25, 0.3) is 5.69 Å². The largest absolute Gasteiger partial charge is 0.477 e. The fourth-order valence-corrected chi connectivity index (χ4v) is 5.47. The molecule has 0 aliphatic carbocycles. The van der Waals surface area contributed by atoms with E-state index in [-0.39, 0.29) is 29.0 Å². The highest BCUT2D eigenvalue weighted by molar-refractivity contribution is 6.00. The van der Waals surface area contributed by atoms with Crippen LogP contribution in [0.4, 0.5) is 5.69 Å². The number of nitrogens with zero attached hydrogens (tertiary/aromatic N) is 2. The molecule has 1 aliphatic heterocycles. The van der Waals surface area contributed by atoms with Crippen LogP contribution >= 0.6 is 0 Å². The van der Waals surface area contributed by atoms with E-state index in [1.807, 2.05) is 6.07 Å². The van der Waals surface area contributed by atoms with Crippen molar-refractivity contribution in [2.45, 2.75) is 97.3 Å². The second-order valence-corrected chi connectivity index (χ2v) is 11.1. The number of hydrogen-bond acceptors (Lipinski definition) is 9. The maximum Gasteiger partial charge on any atom is 0.336 e. The maximum absolute atomic E-state index is 13.4. The summed E-state index contributed by atoms with van der Waals surface area (Å²) in [7, 11) is 1.23. The number of benzene rings is 1. The van der Waals surface area contributed by atoms with Crippen molar-refractivity contribution in [1.29, 1.82) is 0 Å². The lowest BCUT2D eigenvalue weighted by Gasteiger charge is -2.30. The fourth-order valence-electron chi connectivity index (χ4n) is 5.47. The minimum Gasteiger partial charge on any atom is -0.477 e. The van der Waals surface area contributed by atoms with E-state index in [0.29, 0.717) is 30.3 Å². The first kappa shape index (κ1) is 34.3. The molecule has 240 valence electrons. The van der Waals surface area contributed by atoms with Crippen LogP contribution in [0.1, 0.15) is 102 Å². The first-order chi connectivity index (χ1) is 21.3. The Kier molecular flexibility index (Phi) is 13.9. The molecule has 0 spiro atoms. The summed E-state index contributed by atoms with van der Waals surface area (Å²) >= 11 is 0. The molecule has 1 unspecified atom stereocenters. The number of nitro benzene ring substituents is 1. The van der Waals surface area contributed by atoms with Crippen LogP contribution in [0.2, 0.25) is 0 Å². The number of rotatable bonds is 19. The molecule has 0 radical (unpaired) electrons. The van der Waals surface area contributed by atoms with E-state index in [9.17, 15) is 19.7 Å². The van der Waals surface area contributed by atoms with Gasteiger partial charge in [-0.3, -0.25) is 15.2 Å². The van der Waals surface area contributed by atoms with Crippen LogP contribution in [-0.2, 0) is 25.5 Å². The number of allylic oxidation sites excluding steroid dienone is 2. The highest BCUT2D eigenvalue weighted by Crippen LogP contribution is 2.42. The highest BCUT2D eigenvalue weighted by Gasteiger charge is 2.40. The van der Waals surface area contributed by atoms with E-state index in [4.69, 9.17) is 14.2 Å². The number of ether oxygens (including phenoxy) is 3. The van der Waals surface area contributed by atoms with Crippen LogP contribution in [0.15, 0.2) is 52.9 Å². The van der Waals surface area contributed by atoms with Gasteiger partial charge < -0.3 is 19.5 Å². The Morgan fingerprint density at radius 2 is 1.55 bits per heavy atom. The summed E-state index contributed by atoms with van der Waals surface area (Å²) in [6.45, 7) is 6.32. The van der Waals surface area contributed by atoms with Gasteiger partial charge in [-0.05, 0) is 52.4 Å². The molecule has 1 aromatic heterocycles. The lowest BCUT2D eigenvalue weighted by Crippen LogP contribution is -2.32. The van der Waals surface area contributed by atoms with Crippen molar-refractivity contribution in [3.05, 3.63) is 74.2 Å². The molecular weight excluding hydrogens is 564 g/mol. The van der Waals surface area contributed by atoms with Gasteiger partial charge in [0, 0.05) is 34.8 Å². The van der Waals surface area contributed by atoms with Gasteiger partial charge in [-0.15, -0.1) is 5.10 Å². The van der Waals surface area contributed by atoms with Gasteiger partial charge in [0.2, 0.25) is 5.88 Å².